The summed E-state index contributed by atoms with van der Waals surface area (Å²) < 4.78 is 13.0. The maximum Gasteiger partial charge on any atom is 0.167 e. The minimum absolute atomic E-state index is 0.0245. The van der Waals surface area contributed by atoms with E-state index in [2.05, 4.69) is 0 Å². The van der Waals surface area contributed by atoms with Gasteiger partial charge in [0.1, 0.15) is 5.82 Å². The molecule has 0 bridgehead atoms. The van der Waals surface area contributed by atoms with Crippen LogP contribution in [0, 0.1) is 5.82 Å². The van der Waals surface area contributed by atoms with Gasteiger partial charge in [-0.15, -0.1) is 0 Å². The third kappa shape index (κ3) is 3.09. The van der Waals surface area contributed by atoms with E-state index in [0.29, 0.717) is 16.1 Å². The second-order valence-electron chi connectivity index (χ2n) is 3.86. The quantitative estimate of drug-likeness (QED) is 0.755. The molecule has 0 N–H and O–H groups in total. The van der Waals surface area contributed by atoms with E-state index in [9.17, 15) is 9.18 Å². The zero-order valence-electron chi connectivity index (χ0n) is 9.29. The highest BCUT2D eigenvalue weighted by atomic mass is 35.5. The van der Waals surface area contributed by atoms with Crippen LogP contribution in [0.4, 0.5) is 4.39 Å². The lowest BCUT2D eigenvalue weighted by Crippen LogP contribution is -2.03. The molecule has 4 heteroatoms. The zero-order chi connectivity index (χ0) is 13.1. The van der Waals surface area contributed by atoms with Gasteiger partial charge in [-0.05, 0) is 42.0 Å². The van der Waals surface area contributed by atoms with Crippen LogP contribution in [-0.4, -0.2) is 5.78 Å². The molecule has 0 aliphatic rings. The molecule has 2 aromatic rings. The first-order chi connectivity index (χ1) is 8.56. The fourth-order valence-corrected chi connectivity index (χ4v) is 1.90. The van der Waals surface area contributed by atoms with Crippen LogP contribution in [0.15, 0.2) is 42.5 Å². The molecule has 1 nitrogen and oxygen atoms in total. The first-order valence-electron chi connectivity index (χ1n) is 5.29. The summed E-state index contributed by atoms with van der Waals surface area (Å²) in [6.45, 7) is 0. The summed E-state index contributed by atoms with van der Waals surface area (Å²) in [6.07, 6.45) is 0.182. The molecule has 0 heterocycles. The molecular weight excluding hydrogens is 274 g/mol. The topological polar surface area (TPSA) is 17.1 Å². The van der Waals surface area contributed by atoms with Gasteiger partial charge in [-0.1, -0.05) is 29.3 Å². The van der Waals surface area contributed by atoms with Crippen molar-refractivity contribution in [1.29, 1.82) is 0 Å². The lowest BCUT2D eigenvalue weighted by molar-refractivity contribution is 0.0993. The number of carbonyl (C=O) groups excluding carboxylic acids is 1. The number of ketones is 1. The monoisotopic (exact) mass is 282 g/mol. The Morgan fingerprint density at radius 2 is 1.72 bits per heavy atom. The highest BCUT2D eigenvalue weighted by Crippen LogP contribution is 2.18. The van der Waals surface area contributed by atoms with Gasteiger partial charge in [0.25, 0.3) is 0 Å². The van der Waals surface area contributed by atoms with Crippen molar-refractivity contribution in [3.8, 4) is 0 Å². The average molecular weight is 283 g/mol. The van der Waals surface area contributed by atoms with E-state index < -0.39 is 5.82 Å². The van der Waals surface area contributed by atoms with E-state index in [1.165, 1.54) is 12.1 Å². The van der Waals surface area contributed by atoms with Crippen molar-refractivity contribution in [2.75, 3.05) is 0 Å². The van der Waals surface area contributed by atoms with Gasteiger partial charge in [0.05, 0.1) is 5.02 Å². The molecule has 2 rings (SSSR count). The normalized spacial score (nSPS) is 10.4. The van der Waals surface area contributed by atoms with E-state index in [1.54, 1.807) is 30.3 Å². The largest absolute Gasteiger partial charge is 0.294 e. The second kappa shape index (κ2) is 5.51. The second-order valence-corrected chi connectivity index (χ2v) is 4.70. The Labute approximate surface area is 114 Å². The molecule has 0 saturated heterocycles. The summed E-state index contributed by atoms with van der Waals surface area (Å²) in [4.78, 5) is 11.9. The van der Waals surface area contributed by atoms with Crippen LogP contribution in [0.1, 0.15) is 15.9 Å². The van der Waals surface area contributed by atoms with Crippen molar-refractivity contribution in [2.45, 2.75) is 6.42 Å². The first-order valence-corrected chi connectivity index (χ1v) is 6.04. The summed E-state index contributed by atoms with van der Waals surface area (Å²) >= 11 is 11.4. The standard InChI is InChI=1S/C14H9Cl2FO/c15-11-4-2-10(3-5-11)14(18)8-9-1-6-13(17)12(16)7-9/h1-7H,8H2. The maximum atomic E-state index is 13.0. The average Bonchev–Trinajstić information content (AvgIpc) is 2.34. The van der Waals surface area contributed by atoms with Crippen molar-refractivity contribution >= 4 is 29.0 Å². The number of halogens is 3. The van der Waals surface area contributed by atoms with E-state index in [0.717, 1.165) is 0 Å². The molecule has 18 heavy (non-hydrogen) atoms. The van der Waals surface area contributed by atoms with Gasteiger partial charge in [-0.3, -0.25) is 4.79 Å². The number of hydrogen-bond donors (Lipinski definition) is 0. The third-order valence-electron chi connectivity index (χ3n) is 2.51. The fraction of sp³-hybridized carbons (Fsp3) is 0.0714. The van der Waals surface area contributed by atoms with Gasteiger partial charge in [-0.2, -0.15) is 0 Å². The summed E-state index contributed by atoms with van der Waals surface area (Å²) in [6, 6.07) is 10.9. The van der Waals surface area contributed by atoms with Gasteiger partial charge >= 0.3 is 0 Å². The van der Waals surface area contributed by atoms with Crippen molar-refractivity contribution in [1.82, 2.24) is 0 Å². The van der Waals surface area contributed by atoms with Crippen LogP contribution >= 0.6 is 23.2 Å². The Hall–Kier alpha value is -1.38. The summed E-state index contributed by atoms with van der Waals surface area (Å²) in [7, 11) is 0. The minimum atomic E-state index is -0.487. The predicted octanol–water partition coefficient (Wildman–Crippen LogP) is 4.56. The smallest absolute Gasteiger partial charge is 0.167 e. The molecule has 0 amide bonds. The van der Waals surface area contributed by atoms with Gasteiger partial charge < -0.3 is 0 Å². The van der Waals surface area contributed by atoms with Gasteiger partial charge in [0.15, 0.2) is 5.78 Å². The Kier molecular flexibility index (Phi) is 4.00. The molecule has 92 valence electrons. The Morgan fingerprint density at radius 1 is 1.06 bits per heavy atom. The lowest BCUT2D eigenvalue weighted by Gasteiger charge is -2.03. The molecule has 0 aliphatic heterocycles. The highest BCUT2D eigenvalue weighted by molar-refractivity contribution is 6.31. The molecule has 0 aliphatic carbocycles. The van der Waals surface area contributed by atoms with Gasteiger partial charge in [0.2, 0.25) is 0 Å². The minimum Gasteiger partial charge on any atom is -0.294 e. The van der Waals surface area contributed by atoms with E-state index in [1.807, 2.05) is 0 Å². The molecule has 2 aromatic carbocycles. The van der Waals surface area contributed by atoms with Crippen LogP contribution < -0.4 is 0 Å². The highest BCUT2D eigenvalue weighted by Gasteiger charge is 2.08. The van der Waals surface area contributed by atoms with E-state index >= 15 is 0 Å². The Bertz CT molecular complexity index is 579. The SMILES string of the molecule is O=C(Cc1ccc(F)c(Cl)c1)c1ccc(Cl)cc1. The van der Waals surface area contributed by atoms with Crippen molar-refractivity contribution in [3.05, 3.63) is 69.5 Å². The molecule has 0 unspecified atom stereocenters. The molecule has 0 saturated carbocycles. The molecule has 0 atom stereocenters. The van der Waals surface area contributed by atoms with Crippen molar-refractivity contribution in [2.24, 2.45) is 0 Å². The summed E-state index contributed by atoms with van der Waals surface area (Å²) in [5.74, 6) is -0.547. The van der Waals surface area contributed by atoms with E-state index in [4.69, 9.17) is 23.2 Å². The van der Waals surface area contributed by atoms with Gasteiger partial charge in [-0.25, -0.2) is 4.39 Å². The summed E-state index contributed by atoms with van der Waals surface area (Å²) in [5.41, 5.74) is 1.25. The number of hydrogen-bond acceptors (Lipinski definition) is 1. The van der Waals surface area contributed by atoms with Crippen LogP contribution in [0.5, 0.6) is 0 Å². The van der Waals surface area contributed by atoms with Crippen LogP contribution in [-0.2, 0) is 6.42 Å². The van der Waals surface area contributed by atoms with Crippen LogP contribution in [0.25, 0.3) is 0 Å². The Morgan fingerprint density at radius 3 is 2.33 bits per heavy atom. The molecule has 0 fully saturated rings. The molecule has 0 radical (unpaired) electrons. The fourth-order valence-electron chi connectivity index (χ4n) is 1.57. The van der Waals surface area contributed by atoms with Crippen LogP contribution in [0.3, 0.4) is 0 Å². The number of rotatable bonds is 3. The Balaban J connectivity index is 2.16. The number of Topliss-reactive ketones (excluding diaryl/α,β-unsaturated/α-hetero) is 1. The molecular formula is C14H9Cl2FO. The molecule has 0 spiro atoms. The van der Waals surface area contributed by atoms with Crippen molar-refractivity contribution in [3.63, 3.8) is 0 Å². The zero-order valence-corrected chi connectivity index (χ0v) is 10.8. The summed E-state index contributed by atoms with van der Waals surface area (Å²) in [5, 5.41) is 0.604. The number of carbonyl (C=O) groups is 1. The predicted molar refractivity (Wildman–Crippen MR) is 70.9 cm³/mol. The lowest BCUT2D eigenvalue weighted by atomic mass is 10.0. The van der Waals surface area contributed by atoms with E-state index in [-0.39, 0.29) is 17.2 Å². The first kappa shape index (κ1) is 13.1. The maximum absolute atomic E-state index is 13.0. The van der Waals surface area contributed by atoms with Gasteiger partial charge in [0, 0.05) is 17.0 Å². The molecule has 0 aromatic heterocycles. The van der Waals surface area contributed by atoms with Crippen molar-refractivity contribution < 1.29 is 9.18 Å². The van der Waals surface area contributed by atoms with Crippen LogP contribution in [0.2, 0.25) is 10.0 Å². The third-order valence-corrected chi connectivity index (χ3v) is 3.06. The number of benzene rings is 2.